The lowest BCUT2D eigenvalue weighted by Crippen LogP contribution is -2.39. The van der Waals surface area contributed by atoms with Gasteiger partial charge < -0.3 is 5.11 Å². The number of aromatic nitrogens is 5. The summed E-state index contributed by atoms with van der Waals surface area (Å²) in [7, 11) is 0. The lowest BCUT2D eigenvalue weighted by molar-refractivity contribution is -0.147. The van der Waals surface area contributed by atoms with Crippen LogP contribution >= 0.6 is 0 Å². The van der Waals surface area contributed by atoms with Crippen molar-refractivity contribution in [2.45, 2.75) is 32.7 Å². The molecule has 7 nitrogen and oxygen atoms in total. The van der Waals surface area contributed by atoms with Crippen LogP contribution in [0.2, 0.25) is 0 Å². The zero-order valence-corrected chi connectivity index (χ0v) is 11.0. The fourth-order valence-corrected chi connectivity index (χ4v) is 1.78. The fourth-order valence-electron chi connectivity index (χ4n) is 1.78. The number of aliphatic carboxylic acids is 1. The second-order valence-corrected chi connectivity index (χ2v) is 4.53. The molecule has 1 N–H and O–H groups in total. The number of hydrogen-bond donors (Lipinski definition) is 1. The first-order chi connectivity index (χ1) is 8.99. The van der Waals surface area contributed by atoms with Crippen LogP contribution in [0.25, 0.3) is 11.4 Å². The first kappa shape index (κ1) is 13.1. The monoisotopic (exact) mass is 261 g/mol. The van der Waals surface area contributed by atoms with Gasteiger partial charge in [-0.1, -0.05) is 6.92 Å². The largest absolute Gasteiger partial charge is 0.479 e. The summed E-state index contributed by atoms with van der Waals surface area (Å²) in [6, 6.07) is 3.58. The Balaban J connectivity index is 2.57. The maximum atomic E-state index is 11.5. The second kappa shape index (κ2) is 4.75. The van der Waals surface area contributed by atoms with E-state index < -0.39 is 11.5 Å². The molecule has 2 aromatic heterocycles. The quantitative estimate of drug-likeness (QED) is 0.890. The van der Waals surface area contributed by atoms with Crippen LogP contribution in [0.3, 0.4) is 0 Å². The zero-order chi connectivity index (χ0) is 14.0. The highest BCUT2D eigenvalue weighted by molar-refractivity contribution is 5.77. The summed E-state index contributed by atoms with van der Waals surface area (Å²) in [6.07, 6.45) is 2.03. The molecule has 100 valence electrons. The van der Waals surface area contributed by atoms with Crippen LogP contribution in [0.4, 0.5) is 0 Å². The molecule has 1 atom stereocenters. The van der Waals surface area contributed by atoms with Crippen molar-refractivity contribution in [1.82, 2.24) is 25.2 Å². The number of hydrogen-bond acceptors (Lipinski definition) is 5. The molecule has 0 aromatic carbocycles. The van der Waals surface area contributed by atoms with Crippen LogP contribution < -0.4 is 0 Å². The molecule has 0 amide bonds. The first-order valence-electron chi connectivity index (χ1n) is 5.94. The third-order valence-corrected chi connectivity index (χ3v) is 3.24. The molecule has 0 aliphatic heterocycles. The second-order valence-electron chi connectivity index (χ2n) is 4.53. The van der Waals surface area contributed by atoms with E-state index in [2.05, 4.69) is 20.5 Å². The van der Waals surface area contributed by atoms with Gasteiger partial charge in [0.25, 0.3) is 0 Å². The van der Waals surface area contributed by atoms with Gasteiger partial charge in [0.15, 0.2) is 11.4 Å². The third-order valence-electron chi connectivity index (χ3n) is 3.24. The number of rotatable bonds is 4. The zero-order valence-electron chi connectivity index (χ0n) is 11.0. The SMILES string of the molecule is CCC(C)(C(=O)O)n1nnnc1-c1ccnc(C)c1. The Morgan fingerprint density at radius 2 is 2.26 bits per heavy atom. The maximum absolute atomic E-state index is 11.5. The van der Waals surface area contributed by atoms with Crippen molar-refractivity contribution >= 4 is 5.97 Å². The predicted molar refractivity (Wildman–Crippen MR) is 67.4 cm³/mol. The summed E-state index contributed by atoms with van der Waals surface area (Å²) in [5, 5.41) is 20.8. The van der Waals surface area contributed by atoms with Gasteiger partial charge in [-0.25, -0.2) is 9.48 Å². The predicted octanol–water partition coefficient (Wildman–Crippen LogP) is 1.25. The topological polar surface area (TPSA) is 93.8 Å². The summed E-state index contributed by atoms with van der Waals surface area (Å²) < 4.78 is 1.35. The molecule has 2 aromatic rings. The number of tetrazole rings is 1. The van der Waals surface area contributed by atoms with E-state index in [4.69, 9.17) is 0 Å². The van der Waals surface area contributed by atoms with Gasteiger partial charge in [0.05, 0.1) is 0 Å². The molecular weight excluding hydrogens is 246 g/mol. The maximum Gasteiger partial charge on any atom is 0.331 e. The van der Waals surface area contributed by atoms with Crippen molar-refractivity contribution in [3.8, 4) is 11.4 Å². The van der Waals surface area contributed by atoms with Crippen molar-refractivity contribution in [3.63, 3.8) is 0 Å². The Morgan fingerprint density at radius 3 is 2.84 bits per heavy atom. The van der Waals surface area contributed by atoms with E-state index in [1.54, 1.807) is 26.1 Å². The Morgan fingerprint density at radius 1 is 1.53 bits per heavy atom. The number of nitrogens with zero attached hydrogens (tertiary/aromatic N) is 5. The third kappa shape index (κ3) is 2.18. The van der Waals surface area contributed by atoms with Gasteiger partial charge in [0.1, 0.15) is 0 Å². The Labute approximate surface area is 110 Å². The average Bonchev–Trinajstić information content (AvgIpc) is 2.87. The molecule has 0 aliphatic rings. The van der Waals surface area contributed by atoms with Gasteiger partial charge in [-0.15, -0.1) is 5.10 Å². The van der Waals surface area contributed by atoms with Crippen molar-refractivity contribution < 1.29 is 9.90 Å². The van der Waals surface area contributed by atoms with Gasteiger partial charge >= 0.3 is 5.97 Å². The molecule has 2 rings (SSSR count). The highest BCUT2D eigenvalue weighted by Crippen LogP contribution is 2.26. The molecule has 0 saturated heterocycles. The van der Waals surface area contributed by atoms with Gasteiger partial charge in [-0.3, -0.25) is 4.98 Å². The minimum absolute atomic E-state index is 0.379. The molecule has 19 heavy (non-hydrogen) atoms. The van der Waals surface area contributed by atoms with E-state index in [0.717, 1.165) is 11.3 Å². The number of pyridine rings is 1. The minimum Gasteiger partial charge on any atom is -0.479 e. The van der Waals surface area contributed by atoms with Crippen molar-refractivity contribution in [3.05, 3.63) is 24.0 Å². The van der Waals surface area contributed by atoms with Crippen molar-refractivity contribution in [2.24, 2.45) is 0 Å². The molecule has 0 fully saturated rings. The molecule has 1 unspecified atom stereocenters. The first-order valence-corrected chi connectivity index (χ1v) is 5.94. The standard InChI is InChI=1S/C12H15N5O2/c1-4-12(3,11(18)19)17-10(14-15-16-17)9-5-6-13-8(2)7-9/h5-7H,4H2,1-3H3,(H,18,19). The Hall–Kier alpha value is -2.31. The van der Waals surface area contributed by atoms with E-state index in [9.17, 15) is 9.90 Å². The molecule has 2 heterocycles. The minimum atomic E-state index is -1.17. The summed E-state index contributed by atoms with van der Waals surface area (Å²) in [6.45, 7) is 5.24. The van der Waals surface area contributed by atoms with Crippen LogP contribution in [-0.4, -0.2) is 36.3 Å². The highest BCUT2D eigenvalue weighted by atomic mass is 16.4. The van der Waals surface area contributed by atoms with Crippen LogP contribution in [-0.2, 0) is 10.3 Å². The lowest BCUT2D eigenvalue weighted by atomic mass is 9.99. The van der Waals surface area contributed by atoms with Crippen LogP contribution in [0.5, 0.6) is 0 Å². The van der Waals surface area contributed by atoms with Crippen molar-refractivity contribution in [1.29, 1.82) is 0 Å². The van der Waals surface area contributed by atoms with E-state index in [1.165, 1.54) is 4.68 Å². The Kier molecular flexibility index (Phi) is 3.28. The van der Waals surface area contributed by atoms with Gasteiger partial charge in [-0.2, -0.15) is 0 Å². The summed E-state index contributed by atoms with van der Waals surface area (Å²) >= 11 is 0. The molecule has 0 radical (unpaired) electrons. The summed E-state index contributed by atoms with van der Waals surface area (Å²) in [5.74, 6) is -0.536. The highest BCUT2D eigenvalue weighted by Gasteiger charge is 2.37. The number of carbonyl (C=O) groups is 1. The van der Waals surface area contributed by atoms with E-state index >= 15 is 0 Å². The van der Waals surface area contributed by atoms with Crippen LogP contribution in [0, 0.1) is 6.92 Å². The summed E-state index contributed by atoms with van der Waals surface area (Å²) in [4.78, 5) is 15.6. The molecule has 0 aliphatic carbocycles. The molecule has 0 spiro atoms. The van der Waals surface area contributed by atoms with Gasteiger partial charge in [-0.05, 0) is 42.8 Å². The number of carboxylic acid groups (broad SMARTS) is 1. The van der Waals surface area contributed by atoms with E-state index in [0.29, 0.717) is 12.2 Å². The number of aryl methyl sites for hydroxylation is 1. The van der Waals surface area contributed by atoms with E-state index in [-0.39, 0.29) is 0 Å². The van der Waals surface area contributed by atoms with Crippen LogP contribution in [0.1, 0.15) is 26.0 Å². The van der Waals surface area contributed by atoms with E-state index in [1.807, 2.05) is 13.0 Å². The fraction of sp³-hybridized carbons (Fsp3) is 0.417. The van der Waals surface area contributed by atoms with Gasteiger partial charge in [0.2, 0.25) is 0 Å². The summed E-state index contributed by atoms with van der Waals surface area (Å²) in [5.41, 5.74) is 0.398. The smallest absolute Gasteiger partial charge is 0.331 e. The average molecular weight is 261 g/mol. The molecular formula is C12H15N5O2. The lowest BCUT2D eigenvalue weighted by Gasteiger charge is -2.23. The Bertz CT molecular complexity index is 610. The normalized spacial score (nSPS) is 14.1. The molecule has 0 bridgehead atoms. The molecule has 0 saturated carbocycles. The molecule has 7 heteroatoms. The van der Waals surface area contributed by atoms with Crippen LogP contribution in [0.15, 0.2) is 18.3 Å². The van der Waals surface area contributed by atoms with Crippen molar-refractivity contribution in [2.75, 3.05) is 0 Å². The van der Waals surface area contributed by atoms with Gasteiger partial charge in [0, 0.05) is 17.5 Å². The number of carboxylic acids is 1.